The number of unbranched alkanes of at least 4 members (excludes halogenated alkanes) is 7. The molecule has 98 valence electrons. The van der Waals surface area contributed by atoms with Crippen LogP contribution >= 0.6 is 0 Å². The zero-order valence-corrected chi connectivity index (χ0v) is 11.3. The second-order valence-electron chi connectivity index (χ2n) is 4.53. The van der Waals surface area contributed by atoms with E-state index in [-0.39, 0.29) is 5.91 Å². The molecule has 0 aliphatic heterocycles. The summed E-state index contributed by atoms with van der Waals surface area (Å²) in [6, 6.07) is 0. The van der Waals surface area contributed by atoms with E-state index in [1.807, 2.05) is 0 Å². The lowest BCUT2D eigenvalue weighted by Gasteiger charge is -2.04. The maximum atomic E-state index is 11.4. The molecule has 0 bridgehead atoms. The van der Waals surface area contributed by atoms with Crippen molar-refractivity contribution in [2.45, 2.75) is 71.1 Å². The highest BCUT2D eigenvalue weighted by molar-refractivity contribution is 5.75. The fourth-order valence-electron chi connectivity index (χ4n) is 1.73. The molecule has 2 nitrogen and oxygen atoms in total. The summed E-state index contributed by atoms with van der Waals surface area (Å²) >= 11 is 0. The fraction of sp³-hybridized carbons (Fsp3) is 0.800. The van der Waals surface area contributed by atoms with Crippen LogP contribution in [0.25, 0.3) is 0 Å². The predicted molar refractivity (Wildman–Crippen MR) is 73.7 cm³/mol. The molecule has 0 unspecified atom stereocenters. The van der Waals surface area contributed by atoms with Crippen molar-refractivity contribution >= 4 is 5.91 Å². The second-order valence-corrected chi connectivity index (χ2v) is 4.53. The van der Waals surface area contributed by atoms with Gasteiger partial charge in [0.15, 0.2) is 0 Å². The number of carbonyl (C=O) groups excluding carboxylic acids is 1. The molecule has 17 heavy (non-hydrogen) atoms. The zero-order chi connectivity index (χ0) is 12.8. The van der Waals surface area contributed by atoms with Gasteiger partial charge in [0, 0.05) is 19.4 Å². The van der Waals surface area contributed by atoms with E-state index in [0.29, 0.717) is 6.42 Å². The number of hydrogen-bond acceptors (Lipinski definition) is 1. The number of amides is 1. The van der Waals surface area contributed by atoms with Gasteiger partial charge in [-0.25, -0.2) is 0 Å². The van der Waals surface area contributed by atoms with Gasteiger partial charge >= 0.3 is 0 Å². The summed E-state index contributed by atoms with van der Waals surface area (Å²) in [5, 5.41) is 2.96. The fourth-order valence-corrected chi connectivity index (χ4v) is 1.73. The van der Waals surface area contributed by atoms with Crippen molar-refractivity contribution < 1.29 is 4.79 Å². The summed E-state index contributed by atoms with van der Waals surface area (Å²) in [7, 11) is 0. The Hall–Kier alpha value is -0.970. The molecule has 0 heterocycles. The van der Waals surface area contributed by atoms with Gasteiger partial charge in [0.2, 0.25) is 5.91 Å². The lowest BCUT2D eigenvalue weighted by atomic mass is 10.1. The average Bonchev–Trinajstić information content (AvgIpc) is 2.33. The minimum atomic E-state index is 0.176. The Morgan fingerprint density at radius 2 is 1.76 bits per heavy atom. The SMILES string of the molecule is C#CCCCCC(=O)NCCCCCCCC. The average molecular weight is 237 g/mol. The maximum Gasteiger partial charge on any atom is 0.219 e. The topological polar surface area (TPSA) is 29.1 Å². The second kappa shape index (κ2) is 13.1. The third-order valence-electron chi connectivity index (χ3n) is 2.83. The predicted octanol–water partition coefficient (Wildman–Crippen LogP) is 3.66. The highest BCUT2D eigenvalue weighted by Crippen LogP contribution is 2.04. The van der Waals surface area contributed by atoms with Crippen LogP contribution in [0.1, 0.15) is 71.1 Å². The Morgan fingerprint density at radius 1 is 1.06 bits per heavy atom. The van der Waals surface area contributed by atoms with Crippen molar-refractivity contribution in [2.24, 2.45) is 0 Å². The van der Waals surface area contributed by atoms with Gasteiger partial charge in [-0.15, -0.1) is 12.3 Å². The van der Waals surface area contributed by atoms with Crippen LogP contribution in [-0.2, 0) is 4.79 Å². The molecule has 2 heteroatoms. The maximum absolute atomic E-state index is 11.4. The molecule has 1 amide bonds. The molecule has 0 fully saturated rings. The van der Waals surface area contributed by atoms with E-state index in [4.69, 9.17) is 6.42 Å². The quantitative estimate of drug-likeness (QED) is 0.431. The molecule has 0 atom stereocenters. The Labute approximate surface area is 107 Å². The number of terminal acetylenes is 1. The van der Waals surface area contributed by atoms with Crippen molar-refractivity contribution in [3.63, 3.8) is 0 Å². The molecule has 0 saturated carbocycles. The van der Waals surface area contributed by atoms with Gasteiger partial charge in [-0.2, -0.15) is 0 Å². The van der Waals surface area contributed by atoms with Crippen molar-refractivity contribution in [2.75, 3.05) is 6.54 Å². The van der Waals surface area contributed by atoms with Gasteiger partial charge in [-0.3, -0.25) is 4.79 Å². The number of rotatable bonds is 11. The van der Waals surface area contributed by atoms with Gasteiger partial charge in [0.05, 0.1) is 0 Å². The molecule has 0 radical (unpaired) electrons. The van der Waals surface area contributed by atoms with Crippen LogP contribution in [0.3, 0.4) is 0 Å². The van der Waals surface area contributed by atoms with E-state index in [1.54, 1.807) is 0 Å². The van der Waals surface area contributed by atoms with Crippen molar-refractivity contribution in [1.82, 2.24) is 5.32 Å². The molecule has 0 aromatic heterocycles. The van der Waals surface area contributed by atoms with E-state index >= 15 is 0 Å². The Kier molecular flexibility index (Phi) is 12.3. The molecule has 0 spiro atoms. The monoisotopic (exact) mass is 237 g/mol. The van der Waals surface area contributed by atoms with Gasteiger partial charge in [-0.1, -0.05) is 39.0 Å². The van der Waals surface area contributed by atoms with Crippen LogP contribution in [0, 0.1) is 12.3 Å². The number of hydrogen-bond donors (Lipinski definition) is 1. The molecule has 1 N–H and O–H groups in total. The van der Waals surface area contributed by atoms with E-state index in [0.717, 1.165) is 32.2 Å². The first-order valence-corrected chi connectivity index (χ1v) is 7.01. The van der Waals surface area contributed by atoms with Crippen LogP contribution in [0.2, 0.25) is 0 Å². The summed E-state index contributed by atoms with van der Waals surface area (Å²) in [5.41, 5.74) is 0. The third kappa shape index (κ3) is 13.0. The largest absolute Gasteiger partial charge is 0.356 e. The summed E-state index contributed by atoms with van der Waals surface area (Å²) in [6.45, 7) is 3.06. The molecule has 0 aliphatic rings. The summed E-state index contributed by atoms with van der Waals surface area (Å²) in [6.07, 6.45) is 16.0. The summed E-state index contributed by atoms with van der Waals surface area (Å²) in [5.74, 6) is 2.76. The Balaban J connectivity index is 3.14. The van der Waals surface area contributed by atoms with Crippen molar-refractivity contribution in [3.05, 3.63) is 0 Å². The van der Waals surface area contributed by atoms with E-state index in [2.05, 4.69) is 18.2 Å². The standard InChI is InChI=1S/C15H27NO/c1-3-5-7-9-10-12-14-16-15(17)13-11-8-6-4-2/h2H,3,5-14H2,1H3,(H,16,17). The lowest BCUT2D eigenvalue weighted by Crippen LogP contribution is -2.23. The summed E-state index contributed by atoms with van der Waals surface area (Å²) < 4.78 is 0. The van der Waals surface area contributed by atoms with Gasteiger partial charge < -0.3 is 5.32 Å². The number of carbonyl (C=O) groups is 1. The van der Waals surface area contributed by atoms with Crippen molar-refractivity contribution in [1.29, 1.82) is 0 Å². The normalized spacial score (nSPS) is 9.88. The van der Waals surface area contributed by atoms with Crippen LogP contribution < -0.4 is 5.32 Å². The Bertz CT molecular complexity index is 217. The van der Waals surface area contributed by atoms with E-state index < -0.39 is 0 Å². The van der Waals surface area contributed by atoms with E-state index in [1.165, 1.54) is 32.1 Å². The van der Waals surface area contributed by atoms with E-state index in [9.17, 15) is 4.79 Å². The first kappa shape index (κ1) is 16.0. The number of nitrogens with one attached hydrogen (secondary N) is 1. The van der Waals surface area contributed by atoms with Gasteiger partial charge in [0.1, 0.15) is 0 Å². The van der Waals surface area contributed by atoms with Crippen LogP contribution in [0.5, 0.6) is 0 Å². The van der Waals surface area contributed by atoms with Gasteiger partial charge in [-0.05, 0) is 19.3 Å². The molecule has 0 rings (SSSR count). The molecule has 0 aliphatic carbocycles. The first-order valence-electron chi connectivity index (χ1n) is 7.01. The van der Waals surface area contributed by atoms with Crippen LogP contribution in [0.4, 0.5) is 0 Å². The molecule has 0 aromatic rings. The smallest absolute Gasteiger partial charge is 0.219 e. The molecular weight excluding hydrogens is 210 g/mol. The van der Waals surface area contributed by atoms with Crippen LogP contribution in [0.15, 0.2) is 0 Å². The lowest BCUT2D eigenvalue weighted by molar-refractivity contribution is -0.121. The van der Waals surface area contributed by atoms with Crippen molar-refractivity contribution in [3.8, 4) is 12.3 Å². The minimum Gasteiger partial charge on any atom is -0.356 e. The summed E-state index contributed by atoms with van der Waals surface area (Å²) in [4.78, 5) is 11.4. The Morgan fingerprint density at radius 3 is 2.47 bits per heavy atom. The third-order valence-corrected chi connectivity index (χ3v) is 2.83. The highest BCUT2D eigenvalue weighted by atomic mass is 16.1. The molecular formula is C15H27NO. The highest BCUT2D eigenvalue weighted by Gasteiger charge is 1.99. The molecule has 0 saturated heterocycles. The minimum absolute atomic E-state index is 0.176. The zero-order valence-electron chi connectivity index (χ0n) is 11.3. The van der Waals surface area contributed by atoms with Gasteiger partial charge in [0.25, 0.3) is 0 Å². The first-order chi connectivity index (χ1) is 8.31. The van der Waals surface area contributed by atoms with Crippen LogP contribution in [-0.4, -0.2) is 12.5 Å². The molecule has 0 aromatic carbocycles.